The second-order valence-corrected chi connectivity index (χ2v) is 6.03. The molecule has 1 N–H and O–H groups in total. The van der Waals surface area contributed by atoms with Crippen molar-refractivity contribution in [1.29, 1.82) is 5.26 Å². The van der Waals surface area contributed by atoms with Gasteiger partial charge in [-0.3, -0.25) is 4.79 Å². The molecule has 0 spiro atoms. The van der Waals surface area contributed by atoms with E-state index in [1.54, 1.807) is 0 Å². The van der Waals surface area contributed by atoms with Crippen LogP contribution in [0.2, 0.25) is 0 Å². The maximum atomic E-state index is 11.8. The zero-order valence-electron chi connectivity index (χ0n) is 9.48. The molecule has 0 aliphatic rings. The van der Waals surface area contributed by atoms with Crippen molar-refractivity contribution in [2.75, 3.05) is 5.75 Å². The van der Waals surface area contributed by atoms with Crippen LogP contribution in [-0.4, -0.2) is 15.7 Å². The fraction of sp³-hybridized carbons (Fsp3) is 0.364. The molecule has 6 heteroatoms. The summed E-state index contributed by atoms with van der Waals surface area (Å²) < 4.78 is 0. The molecule has 4 nitrogen and oxygen atoms in total. The molecular weight excluding hydrogens is 254 g/mol. The van der Waals surface area contributed by atoms with E-state index in [1.165, 1.54) is 23.1 Å². The highest BCUT2D eigenvalue weighted by atomic mass is 32.2. The smallest absolute Gasteiger partial charge is 0.260 e. The number of aromatic amines is 1. The Balaban J connectivity index is 2.31. The molecule has 2 aromatic heterocycles. The van der Waals surface area contributed by atoms with Crippen molar-refractivity contribution in [1.82, 2.24) is 9.97 Å². The van der Waals surface area contributed by atoms with Crippen LogP contribution in [0.1, 0.15) is 11.8 Å². The number of H-pyrrole nitrogens is 1. The van der Waals surface area contributed by atoms with E-state index in [1.807, 2.05) is 19.9 Å². The van der Waals surface area contributed by atoms with Crippen LogP contribution in [0.3, 0.4) is 0 Å². The van der Waals surface area contributed by atoms with E-state index in [0.29, 0.717) is 16.3 Å². The van der Waals surface area contributed by atoms with E-state index in [0.717, 1.165) is 9.71 Å². The van der Waals surface area contributed by atoms with Gasteiger partial charge in [0.05, 0.1) is 17.4 Å². The summed E-state index contributed by atoms with van der Waals surface area (Å²) in [5, 5.41) is 9.92. The standard InChI is InChI=1S/C11H11N3OS2/c1-6(4-12)5-16-11-13-9(15)8-3-7(2)17-10(8)14-11/h3,6H,5H2,1-2H3,(H,13,14,15). The number of thioether (sulfide) groups is 1. The minimum absolute atomic E-state index is 0.0499. The molecule has 0 aliphatic heterocycles. The number of nitrogens with one attached hydrogen (secondary N) is 1. The second kappa shape index (κ2) is 4.90. The Labute approximate surface area is 107 Å². The molecule has 88 valence electrons. The number of nitriles is 1. The van der Waals surface area contributed by atoms with Crippen molar-refractivity contribution in [3.63, 3.8) is 0 Å². The summed E-state index contributed by atoms with van der Waals surface area (Å²) in [6.07, 6.45) is 0. The van der Waals surface area contributed by atoms with Crippen LogP contribution in [0.15, 0.2) is 16.0 Å². The number of thiophene rings is 1. The molecule has 0 aromatic carbocycles. The third-order valence-corrected chi connectivity index (χ3v) is 4.27. The number of aromatic nitrogens is 2. The SMILES string of the molecule is Cc1cc2c(=O)[nH]c(SCC(C)C#N)nc2s1. The fourth-order valence-electron chi connectivity index (χ4n) is 1.34. The molecule has 1 unspecified atom stereocenters. The normalized spacial score (nSPS) is 12.5. The monoisotopic (exact) mass is 265 g/mol. The zero-order valence-corrected chi connectivity index (χ0v) is 11.1. The van der Waals surface area contributed by atoms with E-state index in [9.17, 15) is 4.79 Å². The molecule has 0 bridgehead atoms. The minimum Gasteiger partial charge on any atom is -0.301 e. The molecule has 17 heavy (non-hydrogen) atoms. The van der Waals surface area contributed by atoms with Gasteiger partial charge in [0.2, 0.25) is 0 Å². The first kappa shape index (κ1) is 12.1. The van der Waals surface area contributed by atoms with Gasteiger partial charge in [-0.15, -0.1) is 11.3 Å². The largest absolute Gasteiger partial charge is 0.301 e. The second-order valence-electron chi connectivity index (χ2n) is 3.79. The maximum Gasteiger partial charge on any atom is 0.260 e. The van der Waals surface area contributed by atoms with E-state index in [-0.39, 0.29) is 11.5 Å². The topological polar surface area (TPSA) is 69.5 Å². The predicted molar refractivity (Wildman–Crippen MR) is 70.5 cm³/mol. The number of hydrogen-bond donors (Lipinski definition) is 1. The lowest BCUT2D eigenvalue weighted by Crippen LogP contribution is -2.08. The lowest BCUT2D eigenvalue weighted by Gasteiger charge is -2.01. The Morgan fingerprint density at radius 3 is 3.18 bits per heavy atom. The Morgan fingerprint density at radius 1 is 1.71 bits per heavy atom. The van der Waals surface area contributed by atoms with E-state index >= 15 is 0 Å². The van der Waals surface area contributed by atoms with Crippen LogP contribution in [-0.2, 0) is 0 Å². The van der Waals surface area contributed by atoms with Gasteiger partial charge < -0.3 is 4.98 Å². The average Bonchev–Trinajstić information content (AvgIpc) is 2.67. The highest BCUT2D eigenvalue weighted by molar-refractivity contribution is 7.99. The van der Waals surface area contributed by atoms with Crippen molar-refractivity contribution >= 4 is 33.3 Å². The van der Waals surface area contributed by atoms with Crippen molar-refractivity contribution < 1.29 is 0 Å². The first-order chi connectivity index (χ1) is 8.10. The number of hydrogen-bond acceptors (Lipinski definition) is 5. The summed E-state index contributed by atoms with van der Waals surface area (Å²) in [7, 11) is 0. The average molecular weight is 265 g/mol. The molecular formula is C11H11N3OS2. The summed E-state index contributed by atoms with van der Waals surface area (Å²) in [5.41, 5.74) is -0.105. The Bertz CT molecular complexity index is 638. The van der Waals surface area contributed by atoms with Crippen LogP contribution in [0.25, 0.3) is 10.2 Å². The van der Waals surface area contributed by atoms with Crippen LogP contribution in [0.4, 0.5) is 0 Å². The maximum absolute atomic E-state index is 11.8. The summed E-state index contributed by atoms with van der Waals surface area (Å²) >= 11 is 2.92. The van der Waals surface area contributed by atoms with Crippen LogP contribution >= 0.6 is 23.1 Å². The Hall–Kier alpha value is -1.32. The van der Waals surface area contributed by atoms with E-state index < -0.39 is 0 Å². The van der Waals surface area contributed by atoms with Crippen molar-refractivity contribution in [2.45, 2.75) is 19.0 Å². The zero-order chi connectivity index (χ0) is 12.4. The van der Waals surface area contributed by atoms with Gasteiger partial charge in [0.25, 0.3) is 5.56 Å². The third kappa shape index (κ3) is 2.68. The number of nitrogens with zero attached hydrogens (tertiary/aromatic N) is 2. The first-order valence-corrected chi connectivity index (χ1v) is 6.93. The molecule has 0 radical (unpaired) electrons. The lowest BCUT2D eigenvalue weighted by atomic mass is 10.3. The van der Waals surface area contributed by atoms with Gasteiger partial charge in [-0.05, 0) is 19.9 Å². The Morgan fingerprint density at radius 2 is 2.47 bits per heavy atom. The van der Waals surface area contributed by atoms with Gasteiger partial charge in [0, 0.05) is 10.6 Å². The van der Waals surface area contributed by atoms with Gasteiger partial charge in [0.1, 0.15) is 4.83 Å². The van der Waals surface area contributed by atoms with E-state index in [2.05, 4.69) is 16.0 Å². The van der Waals surface area contributed by atoms with Gasteiger partial charge in [0.15, 0.2) is 5.16 Å². The lowest BCUT2D eigenvalue weighted by molar-refractivity contribution is 0.857. The van der Waals surface area contributed by atoms with Gasteiger partial charge in [-0.25, -0.2) is 4.98 Å². The van der Waals surface area contributed by atoms with Crippen molar-refractivity contribution in [3.8, 4) is 6.07 Å². The minimum atomic E-state index is -0.105. The van der Waals surface area contributed by atoms with Gasteiger partial charge in [-0.1, -0.05) is 11.8 Å². The molecule has 2 heterocycles. The molecule has 0 saturated carbocycles. The summed E-state index contributed by atoms with van der Waals surface area (Å²) in [4.78, 5) is 20.7. The molecule has 0 saturated heterocycles. The van der Waals surface area contributed by atoms with Gasteiger partial charge >= 0.3 is 0 Å². The van der Waals surface area contributed by atoms with Crippen molar-refractivity contribution in [2.24, 2.45) is 5.92 Å². The third-order valence-electron chi connectivity index (χ3n) is 2.19. The molecule has 2 aromatic rings. The van der Waals surface area contributed by atoms with Crippen LogP contribution in [0, 0.1) is 24.2 Å². The molecule has 2 rings (SSSR count). The van der Waals surface area contributed by atoms with Crippen LogP contribution in [0.5, 0.6) is 0 Å². The predicted octanol–water partition coefficient (Wildman–Crippen LogP) is 2.54. The van der Waals surface area contributed by atoms with E-state index in [4.69, 9.17) is 5.26 Å². The van der Waals surface area contributed by atoms with Gasteiger partial charge in [-0.2, -0.15) is 5.26 Å². The fourth-order valence-corrected chi connectivity index (χ4v) is 3.08. The molecule has 0 amide bonds. The number of rotatable bonds is 3. The highest BCUT2D eigenvalue weighted by Gasteiger charge is 2.08. The Kier molecular flexibility index (Phi) is 3.50. The first-order valence-electron chi connectivity index (χ1n) is 5.13. The quantitative estimate of drug-likeness (QED) is 0.684. The molecule has 0 aliphatic carbocycles. The highest BCUT2D eigenvalue weighted by Crippen LogP contribution is 2.23. The summed E-state index contributed by atoms with van der Waals surface area (Å²) in [6.45, 7) is 3.80. The molecule has 0 fully saturated rings. The summed E-state index contributed by atoms with van der Waals surface area (Å²) in [6, 6.07) is 4.00. The molecule has 1 atom stereocenters. The summed E-state index contributed by atoms with van der Waals surface area (Å²) in [5.74, 6) is 0.584. The van der Waals surface area contributed by atoms with Crippen LogP contribution < -0.4 is 5.56 Å². The number of aryl methyl sites for hydroxylation is 1. The van der Waals surface area contributed by atoms with Crippen molar-refractivity contribution in [3.05, 3.63) is 21.3 Å². The number of fused-ring (bicyclic) bond motifs is 1.